The quantitative estimate of drug-likeness (QED) is 0.712. The number of hydrogen-bond donors (Lipinski definition) is 2. The fraction of sp³-hybridized carbons (Fsp3) is 0.478. The minimum absolute atomic E-state index is 0.0369. The zero-order valence-corrected chi connectivity index (χ0v) is 17.6. The zero-order valence-electron chi connectivity index (χ0n) is 17.6. The van der Waals surface area contributed by atoms with Crippen LogP contribution < -0.4 is 10.6 Å². The first-order chi connectivity index (χ1) is 13.9. The van der Waals surface area contributed by atoms with Crippen molar-refractivity contribution in [2.45, 2.75) is 59.0 Å². The normalized spacial score (nSPS) is 14.3. The van der Waals surface area contributed by atoms with Gasteiger partial charge in [-0.15, -0.1) is 0 Å². The number of rotatable bonds is 8. The molecule has 1 aliphatic carbocycles. The van der Waals surface area contributed by atoms with Gasteiger partial charge in [-0.2, -0.15) is 0 Å². The number of carbonyl (C=O) groups is 2. The van der Waals surface area contributed by atoms with Crippen molar-refractivity contribution in [1.29, 1.82) is 0 Å². The topological polar surface area (TPSA) is 74.6 Å². The number of furan rings is 1. The van der Waals surface area contributed by atoms with E-state index < -0.39 is 0 Å². The van der Waals surface area contributed by atoms with Crippen molar-refractivity contribution in [3.63, 3.8) is 0 Å². The number of benzene rings is 1. The SMILES string of the molecule is Cc1cc(C)c(NC(=O)CNC(=O)CN(Cc2ccco2)C2CCCC2)c(C)c1. The van der Waals surface area contributed by atoms with E-state index in [-0.39, 0.29) is 24.9 Å². The lowest BCUT2D eigenvalue weighted by Gasteiger charge is -2.27. The molecule has 2 N–H and O–H groups in total. The van der Waals surface area contributed by atoms with Crippen LogP contribution in [0.3, 0.4) is 0 Å². The molecule has 6 nitrogen and oxygen atoms in total. The number of aryl methyl sites for hydroxylation is 3. The summed E-state index contributed by atoms with van der Waals surface area (Å²) >= 11 is 0. The van der Waals surface area contributed by atoms with Gasteiger partial charge in [0.05, 0.1) is 25.9 Å². The highest BCUT2D eigenvalue weighted by molar-refractivity contribution is 5.96. The van der Waals surface area contributed by atoms with Crippen LogP contribution in [0.5, 0.6) is 0 Å². The molecule has 29 heavy (non-hydrogen) atoms. The molecular weight excluding hydrogens is 366 g/mol. The van der Waals surface area contributed by atoms with Gasteiger partial charge in [-0.25, -0.2) is 0 Å². The molecule has 0 radical (unpaired) electrons. The molecule has 1 aromatic heterocycles. The van der Waals surface area contributed by atoms with E-state index in [2.05, 4.69) is 15.5 Å². The molecule has 2 aromatic rings. The van der Waals surface area contributed by atoms with Crippen LogP contribution in [-0.2, 0) is 16.1 Å². The second-order valence-electron chi connectivity index (χ2n) is 8.02. The number of nitrogens with zero attached hydrogens (tertiary/aromatic N) is 1. The van der Waals surface area contributed by atoms with Gasteiger partial charge in [0.15, 0.2) is 0 Å². The molecule has 1 aliphatic rings. The molecule has 1 saturated carbocycles. The maximum atomic E-state index is 12.5. The summed E-state index contributed by atoms with van der Waals surface area (Å²) < 4.78 is 5.46. The Kier molecular flexibility index (Phi) is 7.09. The van der Waals surface area contributed by atoms with Crippen molar-refractivity contribution in [1.82, 2.24) is 10.2 Å². The summed E-state index contributed by atoms with van der Waals surface area (Å²) in [6.45, 7) is 6.82. The second kappa shape index (κ2) is 9.74. The van der Waals surface area contributed by atoms with Gasteiger partial charge in [0, 0.05) is 11.7 Å². The monoisotopic (exact) mass is 397 g/mol. The highest BCUT2D eigenvalue weighted by Crippen LogP contribution is 2.25. The van der Waals surface area contributed by atoms with Crippen molar-refractivity contribution in [3.05, 3.63) is 53.0 Å². The van der Waals surface area contributed by atoms with Gasteiger partial charge in [-0.05, 0) is 56.9 Å². The lowest BCUT2D eigenvalue weighted by Crippen LogP contribution is -2.43. The van der Waals surface area contributed by atoms with E-state index in [4.69, 9.17) is 4.42 Å². The van der Waals surface area contributed by atoms with Crippen molar-refractivity contribution < 1.29 is 14.0 Å². The molecule has 0 bridgehead atoms. The lowest BCUT2D eigenvalue weighted by molar-refractivity contribution is -0.125. The summed E-state index contributed by atoms with van der Waals surface area (Å²) in [5, 5.41) is 5.69. The van der Waals surface area contributed by atoms with E-state index >= 15 is 0 Å². The third kappa shape index (κ3) is 5.94. The summed E-state index contributed by atoms with van der Waals surface area (Å²) in [6, 6.07) is 8.25. The van der Waals surface area contributed by atoms with Gasteiger partial charge in [-0.1, -0.05) is 30.5 Å². The molecular formula is C23H31N3O3. The van der Waals surface area contributed by atoms with Gasteiger partial charge in [0.1, 0.15) is 5.76 Å². The van der Waals surface area contributed by atoms with Gasteiger partial charge in [0.25, 0.3) is 0 Å². The molecule has 0 saturated heterocycles. The Hall–Kier alpha value is -2.60. The Labute approximate surface area is 172 Å². The van der Waals surface area contributed by atoms with Crippen LogP contribution in [-0.4, -0.2) is 35.8 Å². The molecule has 6 heteroatoms. The molecule has 0 unspecified atom stereocenters. The number of nitrogens with one attached hydrogen (secondary N) is 2. The number of hydrogen-bond acceptors (Lipinski definition) is 4. The van der Waals surface area contributed by atoms with Crippen LogP contribution in [0.1, 0.15) is 48.1 Å². The molecule has 0 aliphatic heterocycles. The summed E-state index contributed by atoms with van der Waals surface area (Å²) in [5.41, 5.74) is 4.02. The fourth-order valence-corrected chi connectivity index (χ4v) is 4.17. The van der Waals surface area contributed by atoms with Crippen LogP contribution in [0.4, 0.5) is 5.69 Å². The Bertz CT molecular complexity index is 816. The minimum atomic E-state index is -0.216. The Morgan fingerprint density at radius 3 is 2.41 bits per heavy atom. The summed E-state index contributed by atoms with van der Waals surface area (Å²) in [7, 11) is 0. The maximum absolute atomic E-state index is 12.5. The fourth-order valence-electron chi connectivity index (χ4n) is 4.17. The molecule has 0 spiro atoms. The van der Waals surface area contributed by atoms with Crippen LogP contribution in [0.15, 0.2) is 34.9 Å². The predicted molar refractivity (Wildman–Crippen MR) is 114 cm³/mol. The molecule has 1 heterocycles. The second-order valence-corrected chi connectivity index (χ2v) is 8.02. The molecule has 0 atom stereocenters. The molecule has 1 fully saturated rings. The van der Waals surface area contributed by atoms with Crippen molar-refractivity contribution in [2.24, 2.45) is 0 Å². The first kappa shape index (κ1) is 21.1. The summed E-state index contributed by atoms with van der Waals surface area (Å²) in [6.07, 6.45) is 6.24. The third-order valence-corrected chi connectivity index (χ3v) is 5.51. The number of amides is 2. The Balaban J connectivity index is 1.52. The van der Waals surface area contributed by atoms with Crippen LogP contribution in [0, 0.1) is 20.8 Å². The Morgan fingerprint density at radius 2 is 1.79 bits per heavy atom. The van der Waals surface area contributed by atoms with Crippen molar-refractivity contribution in [3.8, 4) is 0 Å². The van der Waals surface area contributed by atoms with Gasteiger partial charge in [-0.3, -0.25) is 14.5 Å². The highest BCUT2D eigenvalue weighted by Gasteiger charge is 2.25. The standard InChI is InChI=1S/C23H31N3O3/c1-16-11-17(2)23(18(3)12-16)25-21(27)13-24-22(28)15-26(19-7-4-5-8-19)14-20-9-6-10-29-20/h6,9-12,19H,4-5,7-8,13-15H2,1-3H3,(H,24,28)(H,25,27). The third-order valence-electron chi connectivity index (χ3n) is 5.51. The number of anilines is 1. The lowest BCUT2D eigenvalue weighted by atomic mass is 10.1. The molecule has 156 valence electrons. The van der Waals surface area contributed by atoms with Crippen LogP contribution >= 0.6 is 0 Å². The first-order valence-electron chi connectivity index (χ1n) is 10.3. The smallest absolute Gasteiger partial charge is 0.243 e. The van der Waals surface area contributed by atoms with E-state index in [9.17, 15) is 9.59 Å². The van der Waals surface area contributed by atoms with Crippen LogP contribution in [0.2, 0.25) is 0 Å². The zero-order chi connectivity index (χ0) is 20.8. The highest BCUT2D eigenvalue weighted by atomic mass is 16.3. The van der Waals surface area contributed by atoms with Gasteiger partial charge < -0.3 is 15.1 Å². The van der Waals surface area contributed by atoms with Crippen LogP contribution in [0.25, 0.3) is 0 Å². The van der Waals surface area contributed by atoms with Gasteiger partial charge in [0.2, 0.25) is 11.8 Å². The van der Waals surface area contributed by atoms with E-state index in [0.717, 1.165) is 41.0 Å². The average Bonchev–Trinajstić information content (AvgIpc) is 3.36. The van der Waals surface area contributed by atoms with E-state index in [1.165, 1.54) is 12.8 Å². The molecule has 1 aromatic carbocycles. The summed E-state index contributed by atoms with van der Waals surface area (Å²) in [4.78, 5) is 27.0. The first-order valence-corrected chi connectivity index (χ1v) is 10.3. The average molecular weight is 398 g/mol. The van der Waals surface area contributed by atoms with E-state index in [1.807, 2.05) is 45.0 Å². The Morgan fingerprint density at radius 1 is 1.10 bits per heavy atom. The van der Waals surface area contributed by atoms with E-state index in [0.29, 0.717) is 12.6 Å². The molecule has 3 rings (SSSR count). The van der Waals surface area contributed by atoms with Crippen molar-refractivity contribution >= 4 is 17.5 Å². The molecule has 2 amide bonds. The predicted octanol–water partition coefficient (Wildman–Crippen LogP) is 3.70. The largest absolute Gasteiger partial charge is 0.468 e. The van der Waals surface area contributed by atoms with Gasteiger partial charge >= 0.3 is 0 Å². The van der Waals surface area contributed by atoms with Crippen molar-refractivity contribution in [2.75, 3.05) is 18.4 Å². The minimum Gasteiger partial charge on any atom is -0.468 e. The summed E-state index contributed by atoms with van der Waals surface area (Å²) in [5.74, 6) is 0.496. The number of carbonyl (C=O) groups excluding carboxylic acids is 2. The maximum Gasteiger partial charge on any atom is 0.243 e. The van der Waals surface area contributed by atoms with E-state index in [1.54, 1.807) is 6.26 Å².